The molecule has 0 aromatic carbocycles. The summed E-state index contributed by atoms with van der Waals surface area (Å²) in [6, 6.07) is 0. The second kappa shape index (κ2) is 6.98. The third-order valence-electron chi connectivity index (χ3n) is 2.06. The lowest BCUT2D eigenvalue weighted by Crippen LogP contribution is -2.28. The number of aromatic nitrogens is 2. The maximum Gasteiger partial charge on any atom is 0.411 e. The van der Waals surface area contributed by atoms with Crippen LogP contribution in [0.3, 0.4) is 0 Å². The number of carbonyl (C=O) groups is 1. The van der Waals surface area contributed by atoms with Gasteiger partial charge in [0.15, 0.2) is 0 Å². The highest BCUT2D eigenvalue weighted by atomic mass is 19.4. The Hall–Kier alpha value is -1.77. The van der Waals surface area contributed by atoms with Crippen LogP contribution in [0.25, 0.3) is 0 Å². The third-order valence-corrected chi connectivity index (χ3v) is 2.06. The fraction of sp³-hybridized carbons (Fsp3) is 0.600. The highest BCUT2D eigenvalue weighted by molar-refractivity contribution is 5.75. The van der Waals surface area contributed by atoms with E-state index in [0.29, 0.717) is 18.8 Å². The number of nitrogens with two attached hydrogens (primary N) is 1. The lowest BCUT2D eigenvalue weighted by atomic mass is 10.4. The minimum atomic E-state index is -4.36. The molecule has 9 heteroatoms. The van der Waals surface area contributed by atoms with Crippen LogP contribution >= 0.6 is 0 Å². The Kier molecular flexibility index (Phi) is 5.61. The van der Waals surface area contributed by atoms with E-state index in [1.54, 1.807) is 10.9 Å². The van der Waals surface area contributed by atoms with E-state index >= 15 is 0 Å². The summed E-state index contributed by atoms with van der Waals surface area (Å²) in [4.78, 5) is 11.2. The van der Waals surface area contributed by atoms with Crippen molar-refractivity contribution < 1.29 is 22.7 Å². The van der Waals surface area contributed by atoms with E-state index in [4.69, 9.17) is 5.73 Å². The molecule has 0 bridgehead atoms. The molecule has 0 unspecified atom stereocenters. The maximum absolute atomic E-state index is 11.7. The van der Waals surface area contributed by atoms with Crippen LogP contribution in [-0.4, -0.2) is 41.6 Å². The molecule has 0 fully saturated rings. The van der Waals surface area contributed by atoms with E-state index in [1.165, 1.54) is 6.20 Å². The number of ether oxygens (including phenoxy) is 1. The van der Waals surface area contributed by atoms with Crippen LogP contribution in [-0.2, 0) is 16.1 Å². The van der Waals surface area contributed by atoms with Gasteiger partial charge in [-0.2, -0.15) is 18.3 Å². The van der Waals surface area contributed by atoms with Crippen LogP contribution in [0.2, 0.25) is 0 Å². The monoisotopic (exact) mass is 280 g/mol. The molecule has 0 aliphatic carbocycles. The lowest BCUT2D eigenvalue weighted by molar-refractivity contribution is -0.174. The van der Waals surface area contributed by atoms with E-state index in [0.717, 1.165) is 0 Å². The number of anilines is 1. The van der Waals surface area contributed by atoms with Crippen molar-refractivity contribution in [2.45, 2.75) is 19.1 Å². The van der Waals surface area contributed by atoms with Crippen LogP contribution in [0.15, 0.2) is 12.4 Å². The van der Waals surface area contributed by atoms with E-state index in [9.17, 15) is 18.0 Å². The highest BCUT2D eigenvalue weighted by Gasteiger charge is 2.27. The molecule has 19 heavy (non-hydrogen) atoms. The van der Waals surface area contributed by atoms with Crippen molar-refractivity contribution in [1.82, 2.24) is 15.1 Å². The van der Waals surface area contributed by atoms with Crippen LogP contribution in [0.1, 0.15) is 6.42 Å². The second-order valence-corrected chi connectivity index (χ2v) is 3.80. The molecule has 6 nitrogen and oxygen atoms in total. The van der Waals surface area contributed by atoms with Crippen molar-refractivity contribution >= 4 is 11.6 Å². The van der Waals surface area contributed by atoms with Crippen molar-refractivity contribution in [2.75, 3.05) is 25.5 Å². The van der Waals surface area contributed by atoms with E-state index < -0.39 is 12.8 Å². The Morgan fingerprint density at radius 3 is 2.84 bits per heavy atom. The Balaban J connectivity index is 2.05. The normalized spacial score (nSPS) is 11.5. The van der Waals surface area contributed by atoms with Gasteiger partial charge in [0.1, 0.15) is 6.61 Å². The first kappa shape index (κ1) is 15.3. The SMILES string of the molecule is Nc1cnn(CCNC(=O)CCOCC(F)(F)F)c1. The van der Waals surface area contributed by atoms with Gasteiger partial charge < -0.3 is 15.8 Å². The van der Waals surface area contributed by atoms with Crippen LogP contribution < -0.4 is 11.1 Å². The third kappa shape index (κ3) is 7.29. The summed E-state index contributed by atoms with van der Waals surface area (Å²) in [6.45, 7) is -0.849. The number of carbonyl (C=O) groups excluding carboxylic acids is 1. The second-order valence-electron chi connectivity index (χ2n) is 3.80. The minimum absolute atomic E-state index is 0.114. The topological polar surface area (TPSA) is 82.2 Å². The molecule has 0 spiro atoms. The molecule has 0 radical (unpaired) electrons. The average Bonchev–Trinajstić information content (AvgIpc) is 2.69. The number of hydrogen-bond donors (Lipinski definition) is 2. The molecule has 3 N–H and O–H groups in total. The average molecular weight is 280 g/mol. The summed E-state index contributed by atoms with van der Waals surface area (Å²) in [7, 11) is 0. The van der Waals surface area contributed by atoms with Crippen molar-refractivity contribution in [3.05, 3.63) is 12.4 Å². The molecule has 0 aliphatic heterocycles. The van der Waals surface area contributed by atoms with E-state index in [1.807, 2.05) is 0 Å². The number of hydrogen-bond acceptors (Lipinski definition) is 4. The zero-order valence-electron chi connectivity index (χ0n) is 10.1. The number of nitrogen functional groups attached to an aromatic ring is 1. The van der Waals surface area contributed by atoms with Crippen LogP contribution in [0.5, 0.6) is 0 Å². The summed E-state index contributed by atoms with van der Waals surface area (Å²) in [5.41, 5.74) is 5.97. The zero-order valence-corrected chi connectivity index (χ0v) is 10.1. The minimum Gasteiger partial charge on any atom is -0.396 e. The largest absolute Gasteiger partial charge is 0.411 e. The molecular weight excluding hydrogens is 265 g/mol. The van der Waals surface area contributed by atoms with Gasteiger partial charge in [0.2, 0.25) is 5.91 Å². The molecule has 108 valence electrons. The molecule has 0 aliphatic rings. The standard InChI is InChI=1S/C10H15F3N4O2/c11-10(12,13)7-19-4-1-9(18)15-2-3-17-6-8(14)5-16-17/h5-6H,1-4,7,14H2,(H,15,18). The lowest BCUT2D eigenvalue weighted by Gasteiger charge is -2.08. The summed E-state index contributed by atoms with van der Waals surface area (Å²) >= 11 is 0. The van der Waals surface area contributed by atoms with Crippen LogP contribution in [0, 0.1) is 0 Å². The first-order valence-electron chi connectivity index (χ1n) is 5.56. The van der Waals surface area contributed by atoms with Crippen molar-refractivity contribution in [2.24, 2.45) is 0 Å². The fourth-order valence-corrected chi connectivity index (χ4v) is 1.25. The number of halogens is 3. The molecule has 1 aromatic heterocycles. The smallest absolute Gasteiger partial charge is 0.396 e. The number of rotatable bonds is 7. The van der Waals surface area contributed by atoms with E-state index in [2.05, 4.69) is 15.2 Å². The van der Waals surface area contributed by atoms with E-state index in [-0.39, 0.29) is 18.9 Å². The fourth-order valence-electron chi connectivity index (χ4n) is 1.25. The molecule has 0 atom stereocenters. The Bertz CT molecular complexity index is 406. The molecule has 1 aromatic rings. The number of alkyl halides is 3. The van der Waals surface area contributed by atoms with Gasteiger partial charge in [0, 0.05) is 19.2 Å². The van der Waals surface area contributed by atoms with Gasteiger partial charge in [-0.05, 0) is 0 Å². The number of nitrogens with zero attached hydrogens (tertiary/aromatic N) is 2. The van der Waals surface area contributed by atoms with Crippen LogP contribution in [0.4, 0.5) is 18.9 Å². The number of amides is 1. The van der Waals surface area contributed by atoms with Crippen molar-refractivity contribution in [3.8, 4) is 0 Å². The van der Waals surface area contributed by atoms with Gasteiger partial charge in [0.05, 0.1) is 25.0 Å². The predicted octanol–water partition coefficient (Wildman–Crippen LogP) is 0.550. The Morgan fingerprint density at radius 1 is 1.53 bits per heavy atom. The summed E-state index contributed by atoms with van der Waals surface area (Å²) in [6.07, 6.45) is -1.39. The van der Waals surface area contributed by atoms with Gasteiger partial charge in [-0.3, -0.25) is 9.48 Å². The van der Waals surface area contributed by atoms with Gasteiger partial charge in [-0.25, -0.2) is 0 Å². The maximum atomic E-state index is 11.7. The Morgan fingerprint density at radius 2 is 2.26 bits per heavy atom. The van der Waals surface area contributed by atoms with Gasteiger partial charge in [0.25, 0.3) is 0 Å². The molecule has 0 saturated carbocycles. The zero-order chi connectivity index (χ0) is 14.3. The van der Waals surface area contributed by atoms with Gasteiger partial charge in [-0.15, -0.1) is 0 Å². The Labute approximate surface area is 107 Å². The molecule has 1 rings (SSSR count). The van der Waals surface area contributed by atoms with Crippen molar-refractivity contribution in [3.63, 3.8) is 0 Å². The molecular formula is C10H15F3N4O2. The summed E-state index contributed by atoms with van der Waals surface area (Å²) < 4.78 is 41.0. The molecule has 1 heterocycles. The summed E-state index contributed by atoms with van der Waals surface area (Å²) in [5, 5.41) is 6.44. The summed E-state index contributed by atoms with van der Waals surface area (Å²) in [5.74, 6) is -0.373. The first-order chi connectivity index (χ1) is 8.87. The molecule has 0 saturated heterocycles. The molecule has 1 amide bonds. The first-order valence-corrected chi connectivity index (χ1v) is 5.56. The quantitative estimate of drug-likeness (QED) is 0.715. The van der Waals surface area contributed by atoms with Crippen molar-refractivity contribution in [1.29, 1.82) is 0 Å². The van der Waals surface area contributed by atoms with Gasteiger partial charge >= 0.3 is 6.18 Å². The van der Waals surface area contributed by atoms with Gasteiger partial charge in [-0.1, -0.05) is 0 Å². The number of nitrogens with one attached hydrogen (secondary N) is 1. The predicted molar refractivity (Wildman–Crippen MR) is 61.1 cm³/mol. The highest BCUT2D eigenvalue weighted by Crippen LogP contribution is 2.14.